The summed E-state index contributed by atoms with van der Waals surface area (Å²) in [5, 5.41) is 18.0. The number of carbonyl (C=O) groups excluding carboxylic acids is 1. The van der Waals surface area contributed by atoms with Crippen molar-refractivity contribution in [2.24, 2.45) is 0 Å². The van der Waals surface area contributed by atoms with E-state index in [1.165, 1.54) is 0 Å². The van der Waals surface area contributed by atoms with Crippen LogP contribution in [-0.2, 0) is 9.53 Å². The topological polar surface area (TPSA) is 70.0 Å². The lowest BCUT2D eigenvalue weighted by molar-refractivity contribution is -0.145. The van der Waals surface area contributed by atoms with E-state index < -0.39 is 6.10 Å². The minimum atomic E-state index is -0.778. The van der Waals surface area contributed by atoms with E-state index in [0.29, 0.717) is 19.2 Å². The van der Waals surface area contributed by atoms with Gasteiger partial charge in [-0.1, -0.05) is 0 Å². The fraction of sp³-hybridized carbons (Fsp3) is 0.900. The summed E-state index contributed by atoms with van der Waals surface area (Å²) in [5.74, 6) is -0.269. The van der Waals surface area contributed by atoms with Gasteiger partial charge in [0.15, 0.2) is 0 Å². The molecule has 1 saturated carbocycles. The fourth-order valence-electron chi connectivity index (χ4n) is 1.48. The van der Waals surface area contributed by atoms with Crippen molar-refractivity contribution in [3.05, 3.63) is 0 Å². The molecule has 2 N–H and O–H groups in total. The Morgan fingerprint density at radius 2 is 2.27 bits per heavy atom. The van der Waals surface area contributed by atoms with E-state index in [2.05, 4.69) is 0 Å². The molecule has 5 nitrogen and oxygen atoms in total. The average Bonchev–Trinajstić information content (AvgIpc) is 3.00. The van der Waals surface area contributed by atoms with Crippen molar-refractivity contribution in [1.82, 2.24) is 4.90 Å². The van der Waals surface area contributed by atoms with Crippen LogP contribution in [0.5, 0.6) is 0 Å². The van der Waals surface area contributed by atoms with E-state index >= 15 is 0 Å². The standard InChI is InChI=1S/C10H19NO4/c1-2-15-10(14)6-11(8-3-4-8)5-9(13)7-12/h8-9,12-13H,2-7H2,1H3. The zero-order valence-electron chi connectivity index (χ0n) is 9.06. The van der Waals surface area contributed by atoms with E-state index in [1.54, 1.807) is 6.92 Å². The highest BCUT2D eigenvalue weighted by Crippen LogP contribution is 2.26. The van der Waals surface area contributed by atoms with Crippen molar-refractivity contribution in [3.63, 3.8) is 0 Å². The molecule has 0 bridgehead atoms. The van der Waals surface area contributed by atoms with Crippen LogP contribution in [0.1, 0.15) is 19.8 Å². The first-order valence-electron chi connectivity index (χ1n) is 5.36. The van der Waals surface area contributed by atoms with Crippen molar-refractivity contribution < 1.29 is 19.7 Å². The molecule has 0 saturated heterocycles. The van der Waals surface area contributed by atoms with Gasteiger partial charge in [0.25, 0.3) is 0 Å². The lowest BCUT2D eigenvalue weighted by atomic mass is 10.3. The van der Waals surface area contributed by atoms with Crippen LogP contribution < -0.4 is 0 Å². The second-order valence-corrected chi connectivity index (χ2v) is 3.80. The molecule has 88 valence electrons. The number of esters is 1. The Kier molecular flexibility index (Phi) is 5.01. The zero-order valence-corrected chi connectivity index (χ0v) is 9.06. The van der Waals surface area contributed by atoms with Gasteiger partial charge in [0.05, 0.1) is 25.9 Å². The predicted octanol–water partition coefficient (Wildman–Crippen LogP) is -0.633. The van der Waals surface area contributed by atoms with Crippen LogP contribution in [0, 0.1) is 0 Å². The summed E-state index contributed by atoms with van der Waals surface area (Å²) in [6.45, 7) is 2.41. The molecule has 0 aromatic heterocycles. The molecule has 1 atom stereocenters. The van der Waals surface area contributed by atoms with Crippen LogP contribution in [0.15, 0.2) is 0 Å². The third-order valence-corrected chi connectivity index (χ3v) is 2.36. The first-order valence-corrected chi connectivity index (χ1v) is 5.36. The van der Waals surface area contributed by atoms with Crippen LogP contribution in [-0.4, -0.2) is 59.5 Å². The summed E-state index contributed by atoms with van der Waals surface area (Å²) < 4.78 is 4.84. The van der Waals surface area contributed by atoms with Crippen LogP contribution in [0.3, 0.4) is 0 Å². The Morgan fingerprint density at radius 1 is 1.60 bits per heavy atom. The van der Waals surface area contributed by atoms with Gasteiger partial charge in [0.1, 0.15) is 0 Å². The van der Waals surface area contributed by atoms with Crippen LogP contribution in [0.2, 0.25) is 0 Å². The molecule has 1 rings (SSSR count). The summed E-state index contributed by atoms with van der Waals surface area (Å²) >= 11 is 0. The van der Waals surface area contributed by atoms with Gasteiger partial charge in [-0.3, -0.25) is 9.69 Å². The maximum Gasteiger partial charge on any atom is 0.320 e. The molecule has 1 fully saturated rings. The molecule has 0 amide bonds. The molecule has 5 heteroatoms. The minimum absolute atomic E-state index is 0.204. The molecule has 0 radical (unpaired) electrons. The Labute approximate surface area is 89.6 Å². The Balaban J connectivity index is 2.33. The number of rotatable bonds is 7. The minimum Gasteiger partial charge on any atom is -0.465 e. The average molecular weight is 217 g/mol. The summed E-state index contributed by atoms with van der Waals surface area (Å²) in [5.41, 5.74) is 0. The van der Waals surface area contributed by atoms with Crippen LogP contribution >= 0.6 is 0 Å². The van der Waals surface area contributed by atoms with Gasteiger partial charge < -0.3 is 14.9 Å². The Bertz CT molecular complexity index is 206. The largest absolute Gasteiger partial charge is 0.465 e. The highest BCUT2D eigenvalue weighted by atomic mass is 16.5. The van der Waals surface area contributed by atoms with Gasteiger partial charge in [0, 0.05) is 12.6 Å². The maximum absolute atomic E-state index is 11.2. The molecule has 0 heterocycles. The molecule has 0 spiro atoms. The molecular formula is C10H19NO4. The molecule has 0 aromatic rings. The predicted molar refractivity (Wildman–Crippen MR) is 54.3 cm³/mol. The zero-order chi connectivity index (χ0) is 11.3. The van der Waals surface area contributed by atoms with Gasteiger partial charge in [-0.05, 0) is 19.8 Å². The first kappa shape index (κ1) is 12.4. The van der Waals surface area contributed by atoms with Gasteiger partial charge >= 0.3 is 5.97 Å². The number of aliphatic hydroxyl groups is 2. The number of ether oxygens (including phenoxy) is 1. The third-order valence-electron chi connectivity index (χ3n) is 2.36. The molecule has 1 aliphatic rings. The van der Waals surface area contributed by atoms with Crippen molar-refractivity contribution in [2.75, 3.05) is 26.3 Å². The quantitative estimate of drug-likeness (QED) is 0.555. The second kappa shape index (κ2) is 6.05. The summed E-state index contributed by atoms with van der Waals surface area (Å²) in [6, 6.07) is 0.371. The SMILES string of the molecule is CCOC(=O)CN(CC(O)CO)C1CC1. The number of carbonyl (C=O) groups is 1. The number of hydrogen-bond donors (Lipinski definition) is 2. The van der Waals surface area contributed by atoms with Crippen molar-refractivity contribution in [2.45, 2.75) is 31.9 Å². The van der Waals surface area contributed by atoms with Gasteiger partial charge in [-0.25, -0.2) is 0 Å². The van der Waals surface area contributed by atoms with E-state index in [4.69, 9.17) is 9.84 Å². The Hall–Kier alpha value is -0.650. The smallest absolute Gasteiger partial charge is 0.320 e. The highest BCUT2D eigenvalue weighted by molar-refractivity contribution is 5.71. The van der Waals surface area contributed by atoms with Crippen molar-refractivity contribution >= 4 is 5.97 Å². The van der Waals surface area contributed by atoms with E-state index in [1.807, 2.05) is 4.90 Å². The summed E-state index contributed by atoms with van der Waals surface area (Å²) in [7, 11) is 0. The van der Waals surface area contributed by atoms with E-state index in [0.717, 1.165) is 12.8 Å². The van der Waals surface area contributed by atoms with Crippen molar-refractivity contribution in [3.8, 4) is 0 Å². The number of nitrogens with zero attached hydrogens (tertiary/aromatic N) is 1. The summed E-state index contributed by atoms with van der Waals surface area (Å²) in [4.78, 5) is 13.1. The highest BCUT2D eigenvalue weighted by Gasteiger charge is 2.31. The lowest BCUT2D eigenvalue weighted by Gasteiger charge is -2.22. The second-order valence-electron chi connectivity index (χ2n) is 3.80. The molecule has 1 aliphatic carbocycles. The monoisotopic (exact) mass is 217 g/mol. The maximum atomic E-state index is 11.2. The van der Waals surface area contributed by atoms with Crippen LogP contribution in [0.4, 0.5) is 0 Å². The lowest BCUT2D eigenvalue weighted by Crippen LogP contribution is -2.39. The molecule has 15 heavy (non-hydrogen) atoms. The van der Waals surface area contributed by atoms with Gasteiger partial charge in [-0.15, -0.1) is 0 Å². The number of aliphatic hydroxyl groups excluding tert-OH is 2. The Morgan fingerprint density at radius 3 is 2.73 bits per heavy atom. The molecule has 0 aromatic carbocycles. The van der Waals surface area contributed by atoms with E-state index in [-0.39, 0.29) is 19.1 Å². The fourth-order valence-corrected chi connectivity index (χ4v) is 1.48. The normalized spacial score (nSPS) is 17.9. The van der Waals surface area contributed by atoms with E-state index in [9.17, 15) is 9.90 Å². The van der Waals surface area contributed by atoms with Crippen LogP contribution in [0.25, 0.3) is 0 Å². The molecule has 0 aliphatic heterocycles. The van der Waals surface area contributed by atoms with Crippen molar-refractivity contribution in [1.29, 1.82) is 0 Å². The first-order chi connectivity index (χ1) is 7.17. The number of hydrogen-bond acceptors (Lipinski definition) is 5. The van der Waals surface area contributed by atoms with Gasteiger partial charge in [0.2, 0.25) is 0 Å². The van der Waals surface area contributed by atoms with Gasteiger partial charge in [-0.2, -0.15) is 0 Å². The molecular weight excluding hydrogens is 198 g/mol. The summed E-state index contributed by atoms with van der Waals surface area (Å²) in [6.07, 6.45) is 1.33. The third kappa shape index (κ3) is 4.59. The molecule has 1 unspecified atom stereocenters.